The summed E-state index contributed by atoms with van der Waals surface area (Å²) in [6.45, 7) is 0. The van der Waals surface area contributed by atoms with Crippen LogP contribution in [-0.4, -0.2) is 18.1 Å². The van der Waals surface area contributed by atoms with E-state index in [4.69, 9.17) is 9.73 Å². The van der Waals surface area contributed by atoms with Crippen LogP contribution >= 0.6 is 0 Å². The highest BCUT2D eigenvalue weighted by Gasteiger charge is 2.16. The Bertz CT molecular complexity index is 911. The number of ether oxygens (including phenoxy) is 1. The highest BCUT2D eigenvalue weighted by Crippen LogP contribution is 2.37. The number of aliphatic imine (C=N–C) groups is 1. The zero-order chi connectivity index (χ0) is 15.1. The Morgan fingerprint density at radius 3 is 2.68 bits per heavy atom. The number of anilines is 1. The molecule has 0 unspecified atom stereocenters. The van der Waals surface area contributed by atoms with E-state index in [0.717, 1.165) is 33.5 Å². The molecule has 4 rings (SSSR count). The minimum Gasteiger partial charge on any atom is -0.504 e. The molecule has 4 heteroatoms. The minimum absolute atomic E-state index is 0.116. The van der Waals surface area contributed by atoms with E-state index in [9.17, 15) is 5.11 Å². The van der Waals surface area contributed by atoms with E-state index < -0.39 is 0 Å². The van der Waals surface area contributed by atoms with Crippen LogP contribution < -0.4 is 10.1 Å². The van der Waals surface area contributed by atoms with Crippen LogP contribution in [0.25, 0.3) is 10.8 Å². The lowest BCUT2D eigenvalue weighted by molar-refractivity contribution is 0.373. The van der Waals surface area contributed by atoms with Crippen molar-refractivity contribution in [3.05, 3.63) is 60.2 Å². The molecule has 0 atom stereocenters. The molecule has 0 saturated heterocycles. The lowest BCUT2D eigenvalue weighted by Gasteiger charge is -2.19. The third-order valence-corrected chi connectivity index (χ3v) is 3.82. The van der Waals surface area contributed by atoms with E-state index in [-0.39, 0.29) is 5.75 Å². The molecular formula is C18H14N2O2. The first-order valence-electron chi connectivity index (χ1n) is 7.01. The van der Waals surface area contributed by atoms with Gasteiger partial charge in [0.2, 0.25) is 0 Å². The molecular weight excluding hydrogens is 276 g/mol. The number of hydrogen-bond donors (Lipinski definition) is 2. The fourth-order valence-electron chi connectivity index (χ4n) is 2.76. The number of aromatic hydroxyl groups is 1. The summed E-state index contributed by atoms with van der Waals surface area (Å²) in [5.41, 5.74) is 2.83. The molecule has 1 aliphatic rings. The van der Waals surface area contributed by atoms with Gasteiger partial charge in [0.15, 0.2) is 11.5 Å². The van der Waals surface area contributed by atoms with Crippen LogP contribution in [-0.2, 0) is 0 Å². The second kappa shape index (κ2) is 4.77. The highest BCUT2D eigenvalue weighted by atomic mass is 16.5. The van der Waals surface area contributed by atoms with E-state index in [1.807, 2.05) is 30.3 Å². The minimum atomic E-state index is 0.116. The number of benzene rings is 3. The van der Waals surface area contributed by atoms with Crippen LogP contribution in [0.3, 0.4) is 0 Å². The molecule has 108 valence electrons. The van der Waals surface area contributed by atoms with Gasteiger partial charge in [-0.1, -0.05) is 24.3 Å². The van der Waals surface area contributed by atoms with E-state index in [2.05, 4.69) is 17.4 Å². The number of amidine groups is 1. The van der Waals surface area contributed by atoms with E-state index in [1.165, 1.54) is 7.11 Å². The van der Waals surface area contributed by atoms with Gasteiger partial charge in [-0.3, -0.25) is 0 Å². The first-order valence-corrected chi connectivity index (χ1v) is 7.01. The van der Waals surface area contributed by atoms with Crippen LogP contribution in [0.4, 0.5) is 11.4 Å². The van der Waals surface area contributed by atoms with Crippen molar-refractivity contribution < 1.29 is 9.84 Å². The van der Waals surface area contributed by atoms with Crippen molar-refractivity contribution in [2.45, 2.75) is 0 Å². The van der Waals surface area contributed by atoms with Gasteiger partial charge in [0, 0.05) is 16.6 Å². The number of hydrogen-bond acceptors (Lipinski definition) is 4. The number of phenolic OH excluding ortho intramolecular Hbond substituents is 1. The van der Waals surface area contributed by atoms with Gasteiger partial charge in [-0.2, -0.15) is 0 Å². The summed E-state index contributed by atoms with van der Waals surface area (Å²) in [5, 5.41) is 15.4. The Morgan fingerprint density at radius 1 is 1.05 bits per heavy atom. The first-order chi connectivity index (χ1) is 10.8. The predicted octanol–water partition coefficient (Wildman–Crippen LogP) is 4.06. The number of phenols is 1. The summed E-state index contributed by atoms with van der Waals surface area (Å²) in [6, 6.07) is 17.4. The average molecular weight is 290 g/mol. The first kappa shape index (κ1) is 12.7. The Labute approximate surface area is 127 Å². The molecule has 0 fully saturated rings. The van der Waals surface area contributed by atoms with Crippen molar-refractivity contribution >= 4 is 28.0 Å². The van der Waals surface area contributed by atoms with Crippen molar-refractivity contribution in [3.63, 3.8) is 0 Å². The summed E-state index contributed by atoms with van der Waals surface area (Å²) in [5.74, 6) is 1.29. The SMILES string of the molecule is COc1cc(C2=Nc3cccc4cccc(c34)N2)ccc1O. The normalized spacial score (nSPS) is 12.7. The Morgan fingerprint density at radius 2 is 1.86 bits per heavy atom. The third-order valence-electron chi connectivity index (χ3n) is 3.82. The Hall–Kier alpha value is -3.01. The number of methoxy groups -OCH3 is 1. The topological polar surface area (TPSA) is 53.8 Å². The Balaban J connectivity index is 1.88. The molecule has 3 aromatic carbocycles. The molecule has 22 heavy (non-hydrogen) atoms. The molecule has 3 aromatic rings. The van der Waals surface area contributed by atoms with Crippen LogP contribution in [0.5, 0.6) is 11.5 Å². The summed E-state index contributed by atoms with van der Waals surface area (Å²) < 4.78 is 5.17. The maximum atomic E-state index is 9.73. The van der Waals surface area contributed by atoms with Gasteiger partial charge in [0.05, 0.1) is 12.8 Å². The van der Waals surface area contributed by atoms with Gasteiger partial charge in [-0.15, -0.1) is 0 Å². The third kappa shape index (κ3) is 1.89. The molecule has 0 radical (unpaired) electrons. The van der Waals surface area contributed by atoms with Gasteiger partial charge >= 0.3 is 0 Å². The standard InChI is InChI=1S/C18H14N2O2/c1-22-16-10-12(8-9-15(16)21)18-19-13-6-2-4-11-5-3-7-14(20-18)17(11)13/h2-10,21H,1H3,(H,19,20). The van der Waals surface area contributed by atoms with Crippen LogP contribution in [0.2, 0.25) is 0 Å². The second-order valence-corrected chi connectivity index (χ2v) is 5.15. The number of nitrogens with one attached hydrogen (secondary N) is 1. The Kier molecular flexibility index (Phi) is 2.76. The number of rotatable bonds is 2. The summed E-state index contributed by atoms with van der Waals surface area (Å²) in [6.07, 6.45) is 0. The van der Waals surface area contributed by atoms with Crippen molar-refractivity contribution in [2.75, 3.05) is 12.4 Å². The zero-order valence-electron chi connectivity index (χ0n) is 12.0. The molecule has 0 spiro atoms. The molecule has 0 bridgehead atoms. The van der Waals surface area contributed by atoms with Gasteiger partial charge in [0.1, 0.15) is 5.84 Å². The van der Waals surface area contributed by atoms with E-state index in [1.54, 1.807) is 12.1 Å². The molecule has 0 amide bonds. The van der Waals surface area contributed by atoms with E-state index >= 15 is 0 Å². The summed E-state index contributed by atoms with van der Waals surface area (Å²) in [4.78, 5) is 4.71. The van der Waals surface area contributed by atoms with Gasteiger partial charge in [-0.05, 0) is 35.7 Å². The fourth-order valence-corrected chi connectivity index (χ4v) is 2.76. The quantitative estimate of drug-likeness (QED) is 0.748. The molecule has 1 heterocycles. The second-order valence-electron chi connectivity index (χ2n) is 5.15. The molecule has 4 nitrogen and oxygen atoms in total. The lowest BCUT2D eigenvalue weighted by Crippen LogP contribution is -2.16. The molecule has 1 aliphatic heterocycles. The molecule has 0 aliphatic carbocycles. The largest absolute Gasteiger partial charge is 0.504 e. The lowest BCUT2D eigenvalue weighted by atomic mass is 10.0. The predicted molar refractivity (Wildman–Crippen MR) is 88.4 cm³/mol. The smallest absolute Gasteiger partial charge is 0.161 e. The van der Waals surface area contributed by atoms with Crippen molar-refractivity contribution in [1.82, 2.24) is 0 Å². The zero-order valence-corrected chi connectivity index (χ0v) is 12.0. The average Bonchev–Trinajstić information content (AvgIpc) is 2.56. The van der Waals surface area contributed by atoms with Gasteiger partial charge in [0.25, 0.3) is 0 Å². The number of nitrogens with zero attached hydrogens (tertiary/aromatic N) is 1. The molecule has 0 saturated carbocycles. The molecule has 0 aromatic heterocycles. The van der Waals surface area contributed by atoms with E-state index in [0.29, 0.717) is 5.75 Å². The van der Waals surface area contributed by atoms with Crippen molar-refractivity contribution in [2.24, 2.45) is 4.99 Å². The van der Waals surface area contributed by atoms with Crippen molar-refractivity contribution in [1.29, 1.82) is 0 Å². The van der Waals surface area contributed by atoms with Crippen LogP contribution in [0.1, 0.15) is 5.56 Å². The van der Waals surface area contributed by atoms with Crippen LogP contribution in [0, 0.1) is 0 Å². The fraction of sp³-hybridized carbons (Fsp3) is 0.0556. The summed E-state index contributed by atoms with van der Waals surface area (Å²) in [7, 11) is 1.53. The monoisotopic (exact) mass is 290 g/mol. The maximum absolute atomic E-state index is 9.73. The van der Waals surface area contributed by atoms with Crippen molar-refractivity contribution in [3.8, 4) is 11.5 Å². The highest BCUT2D eigenvalue weighted by molar-refractivity contribution is 6.19. The summed E-state index contributed by atoms with van der Waals surface area (Å²) >= 11 is 0. The van der Waals surface area contributed by atoms with Gasteiger partial charge < -0.3 is 15.2 Å². The molecule has 2 N–H and O–H groups in total. The van der Waals surface area contributed by atoms with Gasteiger partial charge in [-0.25, -0.2) is 4.99 Å². The van der Waals surface area contributed by atoms with Crippen LogP contribution in [0.15, 0.2) is 59.6 Å². The maximum Gasteiger partial charge on any atom is 0.161 e.